The predicted octanol–water partition coefficient (Wildman–Crippen LogP) is 3.13. The number of nitrogens with one attached hydrogen (secondary N) is 1. The molecule has 0 aromatic carbocycles. The van der Waals surface area contributed by atoms with Gasteiger partial charge in [-0.1, -0.05) is 26.7 Å². The first-order chi connectivity index (χ1) is 8.65. The van der Waals surface area contributed by atoms with E-state index in [4.69, 9.17) is 0 Å². The number of likely N-dealkylation sites (tertiary alicyclic amines) is 1. The summed E-state index contributed by atoms with van der Waals surface area (Å²) in [5.41, 5.74) is 0. The van der Waals surface area contributed by atoms with Crippen molar-refractivity contribution in [1.29, 1.82) is 0 Å². The summed E-state index contributed by atoms with van der Waals surface area (Å²) in [5, 5.41) is 3.02. The summed E-state index contributed by atoms with van der Waals surface area (Å²) in [6, 6.07) is 0.251. The Morgan fingerprint density at radius 3 is 2.61 bits per heavy atom. The quantitative estimate of drug-likeness (QED) is 0.723. The van der Waals surface area contributed by atoms with Gasteiger partial charge in [-0.3, -0.25) is 0 Å². The fourth-order valence-electron chi connectivity index (χ4n) is 2.89. The van der Waals surface area contributed by atoms with Gasteiger partial charge in [0.1, 0.15) is 0 Å². The van der Waals surface area contributed by atoms with Crippen molar-refractivity contribution in [2.45, 2.75) is 58.4 Å². The molecule has 2 atom stereocenters. The standard InChI is InChI=1S/C14H28F2N2/c1-3-5-7-18-10-12(6-4-2)8-13(11-18)17-9-14(15)16/h12-14,17H,3-11H2,1-2H3. The first-order valence-corrected chi connectivity index (χ1v) is 7.39. The van der Waals surface area contributed by atoms with Crippen molar-refractivity contribution in [3.05, 3.63) is 0 Å². The van der Waals surface area contributed by atoms with Gasteiger partial charge < -0.3 is 10.2 Å². The lowest BCUT2D eigenvalue weighted by Crippen LogP contribution is -2.50. The van der Waals surface area contributed by atoms with E-state index < -0.39 is 6.43 Å². The van der Waals surface area contributed by atoms with Gasteiger partial charge >= 0.3 is 0 Å². The Morgan fingerprint density at radius 1 is 1.22 bits per heavy atom. The van der Waals surface area contributed by atoms with Crippen molar-refractivity contribution < 1.29 is 8.78 Å². The number of hydrogen-bond acceptors (Lipinski definition) is 2. The number of alkyl halides is 2. The molecular weight excluding hydrogens is 234 g/mol. The molecule has 0 radical (unpaired) electrons. The van der Waals surface area contributed by atoms with Crippen LogP contribution in [0.15, 0.2) is 0 Å². The van der Waals surface area contributed by atoms with Crippen LogP contribution >= 0.6 is 0 Å². The van der Waals surface area contributed by atoms with Gasteiger partial charge in [-0.2, -0.15) is 0 Å². The Balaban J connectivity index is 2.40. The average molecular weight is 262 g/mol. The van der Waals surface area contributed by atoms with Gasteiger partial charge in [0.25, 0.3) is 6.43 Å². The molecule has 2 nitrogen and oxygen atoms in total. The summed E-state index contributed by atoms with van der Waals surface area (Å²) < 4.78 is 24.5. The molecule has 4 heteroatoms. The minimum Gasteiger partial charge on any atom is -0.307 e. The van der Waals surface area contributed by atoms with Crippen molar-refractivity contribution in [2.75, 3.05) is 26.2 Å². The molecule has 0 bridgehead atoms. The molecule has 108 valence electrons. The molecule has 1 fully saturated rings. The lowest BCUT2D eigenvalue weighted by molar-refractivity contribution is 0.105. The van der Waals surface area contributed by atoms with E-state index in [1.165, 1.54) is 25.7 Å². The monoisotopic (exact) mass is 262 g/mol. The third-order valence-electron chi connectivity index (χ3n) is 3.70. The van der Waals surface area contributed by atoms with E-state index >= 15 is 0 Å². The van der Waals surface area contributed by atoms with Crippen LogP contribution in [0.4, 0.5) is 8.78 Å². The zero-order valence-corrected chi connectivity index (χ0v) is 11.8. The number of hydrogen-bond donors (Lipinski definition) is 1. The van der Waals surface area contributed by atoms with E-state index in [0.29, 0.717) is 5.92 Å². The van der Waals surface area contributed by atoms with Gasteiger partial charge in [0.15, 0.2) is 0 Å². The topological polar surface area (TPSA) is 15.3 Å². The van der Waals surface area contributed by atoms with Crippen molar-refractivity contribution >= 4 is 0 Å². The summed E-state index contributed by atoms with van der Waals surface area (Å²) in [6.07, 6.45) is 3.64. The molecule has 2 unspecified atom stereocenters. The van der Waals surface area contributed by atoms with Crippen molar-refractivity contribution in [2.24, 2.45) is 5.92 Å². The molecule has 0 aromatic rings. The van der Waals surface area contributed by atoms with E-state index in [1.807, 2.05) is 0 Å². The first-order valence-electron chi connectivity index (χ1n) is 7.39. The van der Waals surface area contributed by atoms with Gasteiger partial charge in [0, 0.05) is 19.1 Å². The zero-order chi connectivity index (χ0) is 13.4. The summed E-state index contributed by atoms with van der Waals surface area (Å²) in [7, 11) is 0. The molecule has 0 amide bonds. The summed E-state index contributed by atoms with van der Waals surface area (Å²) in [4.78, 5) is 2.45. The maximum atomic E-state index is 12.3. The maximum absolute atomic E-state index is 12.3. The van der Waals surface area contributed by atoms with E-state index in [1.54, 1.807) is 0 Å². The zero-order valence-electron chi connectivity index (χ0n) is 11.8. The normalized spacial score (nSPS) is 25.8. The summed E-state index contributed by atoms with van der Waals surface area (Å²) in [5.74, 6) is 0.677. The molecule has 0 aromatic heterocycles. The Hall–Kier alpha value is -0.220. The highest BCUT2D eigenvalue weighted by molar-refractivity contribution is 4.83. The van der Waals surface area contributed by atoms with Crippen LogP contribution in [0.25, 0.3) is 0 Å². The molecular formula is C14H28F2N2. The SMILES string of the molecule is CCCCN1CC(CCC)CC(NCC(F)F)C1. The van der Waals surface area contributed by atoms with Crippen LogP contribution in [0.5, 0.6) is 0 Å². The minimum absolute atomic E-state index is 0.162. The van der Waals surface area contributed by atoms with Crippen LogP contribution < -0.4 is 5.32 Å². The van der Waals surface area contributed by atoms with Crippen LogP contribution in [0, 0.1) is 5.92 Å². The molecule has 0 saturated carbocycles. The van der Waals surface area contributed by atoms with Crippen LogP contribution in [0.1, 0.15) is 46.0 Å². The van der Waals surface area contributed by atoms with E-state index in [9.17, 15) is 8.78 Å². The fraction of sp³-hybridized carbons (Fsp3) is 1.00. The second kappa shape index (κ2) is 8.81. The molecule has 1 saturated heterocycles. The van der Waals surface area contributed by atoms with E-state index in [0.717, 1.165) is 26.1 Å². The second-order valence-corrected chi connectivity index (χ2v) is 5.50. The number of unbranched alkanes of at least 4 members (excludes halogenated alkanes) is 1. The molecule has 0 aliphatic carbocycles. The molecule has 0 spiro atoms. The van der Waals surface area contributed by atoms with Crippen molar-refractivity contribution in [1.82, 2.24) is 10.2 Å². The van der Waals surface area contributed by atoms with Crippen LogP contribution in [0.3, 0.4) is 0 Å². The Morgan fingerprint density at radius 2 is 2.00 bits per heavy atom. The number of rotatable bonds is 8. The lowest BCUT2D eigenvalue weighted by atomic mass is 9.90. The van der Waals surface area contributed by atoms with E-state index in [-0.39, 0.29) is 12.6 Å². The van der Waals surface area contributed by atoms with Gasteiger partial charge in [-0.05, 0) is 31.7 Å². The highest BCUT2D eigenvalue weighted by Gasteiger charge is 2.26. The number of halogens is 2. The van der Waals surface area contributed by atoms with Gasteiger partial charge in [-0.15, -0.1) is 0 Å². The maximum Gasteiger partial charge on any atom is 0.250 e. The molecule has 1 aliphatic heterocycles. The lowest BCUT2D eigenvalue weighted by Gasteiger charge is -2.38. The van der Waals surface area contributed by atoms with Crippen LogP contribution in [-0.2, 0) is 0 Å². The number of nitrogens with zero attached hydrogens (tertiary/aromatic N) is 1. The number of piperidine rings is 1. The third-order valence-corrected chi connectivity index (χ3v) is 3.70. The van der Waals surface area contributed by atoms with Crippen LogP contribution in [0.2, 0.25) is 0 Å². The van der Waals surface area contributed by atoms with Crippen molar-refractivity contribution in [3.63, 3.8) is 0 Å². The molecule has 1 aliphatic rings. The van der Waals surface area contributed by atoms with Gasteiger partial charge in [0.2, 0.25) is 0 Å². The third kappa shape index (κ3) is 6.10. The molecule has 1 N–H and O–H groups in total. The summed E-state index contributed by atoms with van der Waals surface area (Å²) in [6.45, 7) is 7.44. The highest BCUT2D eigenvalue weighted by Crippen LogP contribution is 2.21. The largest absolute Gasteiger partial charge is 0.307 e. The highest BCUT2D eigenvalue weighted by atomic mass is 19.3. The van der Waals surface area contributed by atoms with Crippen LogP contribution in [-0.4, -0.2) is 43.5 Å². The fourth-order valence-corrected chi connectivity index (χ4v) is 2.89. The molecule has 18 heavy (non-hydrogen) atoms. The Labute approximate surface area is 110 Å². The average Bonchev–Trinajstić information content (AvgIpc) is 2.34. The summed E-state index contributed by atoms with van der Waals surface area (Å²) >= 11 is 0. The second-order valence-electron chi connectivity index (χ2n) is 5.50. The van der Waals surface area contributed by atoms with E-state index in [2.05, 4.69) is 24.1 Å². The Kier molecular flexibility index (Phi) is 7.75. The smallest absolute Gasteiger partial charge is 0.250 e. The molecule has 1 rings (SSSR count). The van der Waals surface area contributed by atoms with Crippen molar-refractivity contribution in [3.8, 4) is 0 Å². The van der Waals surface area contributed by atoms with Gasteiger partial charge in [-0.25, -0.2) is 8.78 Å². The Bertz CT molecular complexity index is 212. The minimum atomic E-state index is -2.24. The first kappa shape index (κ1) is 15.8. The predicted molar refractivity (Wildman–Crippen MR) is 72.2 cm³/mol. The van der Waals surface area contributed by atoms with Gasteiger partial charge in [0.05, 0.1) is 6.54 Å². The molecule has 1 heterocycles.